The molecule has 20 heavy (non-hydrogen) atoms. The van der Waals surface area contributed by atoms with Crippen molar-refractivity contribution in [1.82, 2.24) is 0 Å². The van der Waals surface area contributed by atoms with E-state index in [0.717, 1.165) is 0 Å². The number of hydrogen-bond acceptors (Lipinski definition) is 5. The number of hydrogen-bond donors (Lipinski definition) is 1. The van der Waals surface area contributed by atoms with Crippen LogP contribution in [0.1, 0.15) is 18.4 Å². The van der Waals surface area contributed by atoms with Gasteiger partial charge in [-0.1, -0.05) is 0 Å². The molecule has 1 saturated heterocycles. The van der Waals surface area contributed by atoms with Crippen LogP contribution >= 0.6 is 0 Å². The first-order valence-electron chi connectivity index (χ1n) is 6.19. The van der Waals surface area contributed by atoms with E-state index in [-0.39, 0.29) is 17.2 Å². The lowest BCUT2D eigenvalue weighted by Gasteiger charge is -2.31. The number of carboxylic acids is 1. The normalized spacial score (nSPS) is 15.7. The molecule has 1 fully saturated rings. The molecule has 0 radical (unpaired) electrons. The lowest BCUT2D eigenvalue weighted by molar-refractivity contribution is -0.384. The van der Waals surface area contributed by atoms with Crippen molar-refractivity contribution >= 4 is 17.3 Å². The summed E-state index contributed by atoms with van der Waals surface area (Å²) in [6.07, 6.45) is 0.930. The number of carboxylic acid groups (broad SMARTS) is 1. The van der Waals surface area contributed by atoms with Crippen molar-refractivity contribution in [3.8, 4) is 6.07 Å². The van der Waals surface area contributed by atoms with Crippen molar-refractivity contribution in [3.63, 3.8) is 0 Å². The third-order valence-electron chi connectivity index (χ3n) is 3.49. The van der Waals surface area contributed by atoms with Crippen LogP contribution in [-0.4, -0.2) is 29.1 Å². The summed E-state index contributed by atoms with van der Waals surface area (Å²) in [7, 11) is 0. The highest BCUT2D eigenvalue weighted by Crippen LogP contribution is 2.32. The van der Waals surface area contributed by atoms with Crippen LogP contribution in [0.25, 0.3) is 0 Å². The molecule has 0 unspecified atom stereocenters. The second-order valence-corrected chi connectivity index (χ2v) is 4.67. The van der Waals surface area contributed by atoms with Gasteiger partial charge in [0.05, 0.1) is 22.5 Å². The van der Waals surface area contributed by atoms with Gasteiger partial charge in [-0.2, -0.15) is 5.26 Å². The van der Waals surface area contributed by atoms with Gasteiger partial charge in [0.1, 0.15) is 5.69 Å². The second-order valence-electron chi connectivity index (χ2n) is 4.67. The molecule has 1 aliphatic rings. The summed E-state index contributed by atoms with van der Waals surface area (Å²) in [6.45, 7) is 0.924. The van der Waals surface area contributed by atoms with Crippen LogP contribution in [0.5, 0.6) is 0 Å². The zero-order chi connectivity index (χ0) is 14.7. The summed E-state index contributed by atoms with van der Waals surface area (Å²) in [6, 6.07) is 6.21. The molecule has 0 aromatic heterocycles. The van der Waals surface area contributed by atoms with Crippen LogP contribution in [0.3, 0.4) is 0 Å². The first-order chi connectivity index (χ1) is 9.52. The zero-order valence-corrected chi connectivity index (χ0v) is 10.7. The summed E-state index contributed by atoms with van der Waals surface area (Å²) in [5, 5.41) is 28.8. The Hall–Kier alpha value is -2.62. The predicted molar refractivity (Wildman–Crippen MR) is 70.4 cm³/mol. The third kappa shape index (κ3) is 2.69. The number of aliphatic carboxylic acids is 1. The van der Waals surface area contributed by atoms with E-state index < -0.39 is 10.9 Å². The Morgan fingerprint density at radius 3 is 2.60 bits per heavy atom. The van der Waals surface area contributed by atoms with Crippen molar-refractivity contribution in [1.29, 1.82) is 5.26 Å². The summed E-state index contributed by atoms with van der Waals surface area (Å²) in [4.78, 5) is 23.3. The molecular weight excluding hydrogens is 262 g/mol. The first kappa shape index (κ1) is 13.8. The van der Waals surface area contributed by atoms with Gasteiger partial charge in [0.25, 0.3) is 5.69 Å². The van der Waals surface area contributed by atoms with E-state index in [1.165, 1.54) is 12.1 Å². The Kier molecular flexibility index (Phi) is 3.84. The van der Waals surface area contributed by atoms with E-state index in [4.69, 9.17) is 10.4 Å². The highest BCUT2D eigenvalue weighted by Gasteiger charge is 2.28. The highest BCUT2D eigenvalue weighted by atomic mass is 16.6. The molecule has 1 aliphatic heterocycles. The van der Waals surface area contributed by atoms with Crippen molar-refractivity contribution < 1.29 is 14.8 Å². The van der Waals surface area contributed by atoms with Crippen LogP contribution in [-0.2, 0) is 4.79 Å². The number of nitro groups is 1. The number of anilines is 1. The average molecular weight is 275 g/mol. The molecule has 1 N–H and O–H groups in total. The first-order valence-corrected chi connectivity index (χ1v) is 6.19. The van der Waals surface area contributed by atoms with Crippen LogP contribution in [0.4, 0.5) is 11.4 Å². The van der Waals surface area contributed by atoms with Gasteiger partial charge in [0.2, 0.25) is 0 Å². The summed E-state index contributed by atoms with van der Waals surface area (Å²) < 4.78 is 0. The number of rotatable bonds is 3. The van der Waals surface area contributed by atoms with E-state index in [9.17, 15) is 14.9 Å². The standard InChI is InChI=1S/C13H13N3O4/c14-8-9-1-2-11(12(7-9)16(19)20)15-5-3-10(4-6-15)13(17)18/h1-2,7,10H,3-6H2,(H,17,18). The molecule has 0 aliphatic carbocycles. The average Bonchev–Trinajstić information content (AvgIpc) is 2.46. The maximum Gasteiger partial charge on any atom is 0.306 e. The van der Waals surface area contributed by atoms with Gasteiger partial charge in [-0.25, -0.2) is 0 Å². The third-order valence-corrected chi connectivity index (χ3v) is 3.49. The van der Waals surface area contributed by atoms with Crippen LogP contribution < -0.4 is 4.90 Å². The smallest absolute Gasteiger partial charge is 0.306 e. The van der Waals surface area contributed by atoms with Crippen molar-refractivity contribution in [2.75, 3.05) is 18.0 Å². The highest BCUT2D eigenvalue weighted by molar-refractivity contribution is 5.71. The van der Waals surface area contributed by atoms with E-state index >= 15 is 0 Å². The van der Waals surface area contributed by atoms with E-state index in [1.807, 2.05) is 6.07 Å². The van der Waals surface area contributed by atoms with Gasteiger partial charge < -0.3 is 10.0 Å². The van der Waals surface area contributed by atoms with Gasteiger partial charge >= 0.3 is 5.97 Å². The van der Waals surface area contributed by atoms with Crippen LogP contribution in [0, 0.1) is 27.4 Å². The largest absolute Gasteiger partial charge is 0.481 e. The molecule has 7 heteroatoms. The molecule has 0 bridgehead atoms. The molecule has 1 heterocycles. The van der Waals surface area contributed by atoms with E-state index in [1.54, 1.807) is 11.0 Å². The Balaban J connectivity index is 2.24. The van der Waals surface area contributed by atoms with Gasteiger partial charge in [-0.05, 0) is 25.0 Å². The SMILES string of the molecule is N#Cc1ccc(N2CCC(C(=O)O)CC2)c([N+](=O)[O-])c1. The van der Waals surface area contributed by atoms with E-state index in [0.29, 0.717) is 31.6 Å². The second kappa shape index (κ2) is 5.57. The molecule has 2 rings (SSSR count). The number of carbonyl (C=O) groups is 1. The number of nitro benzene ring substituents is 1. The molecule has 0 saturated carbocycles. The summed E-state index contributed by atoms with van der Waals surface area (Å²) in [5.74, 6) is -1.21. The van der Waals surface area contributed by atoms with Gasteiger partial charge in [-0.3, -0.25) is 14.9 Å². The lowest BCUT2D eigenvalue weighted by Crippen LogP contribution is -2.36. The fourth-order valence-electron chi connectivity index (χ4n) is 2.37. The van der Waals surface area contributed by atoms with Gasteiger partial charge in [-0.15, -0.1) is 0 Å². The molecule has 1 aromatic rings. The van der Waals surface area contributed by atoms with Crippen LogP contribution in [0.2, 0.25) is 0 Å². The lowest BCUT2D eigenvalue weighted by atomic mass is 9.96. The molecule has 0 amide bonds. The minimum Gasteiger partial charge on any atom is -0.481 e. The number of nitrogens with zero attached hydrogens (tertiary/aromatic N) is 3. The molecule has 0 atom stereocenters. The Morgan fingerprint density at radius 1 is 1.45 bits per heavy atom. The Bertz CT molecular complexity index is 586. The minimum atomic E-state index is -0.820. The number of nitriles is 1. The van der Waals surface area contributed by atoms with Crippen molar-refractivity contribution in [2.24, 2.45) is 5.92 Å². The topological polar surface area (TPSA) is 107 Å². The molecule has 104 valence electrons. The Morgan fingerprint density at radius 2 is 2.10 bits per heavy atom. The quantitative estimate of drug-likeness (QED) is 0.665. The van der Waals surface area contributed by atoms with Gasteiger partial charge in [0.15, 0.2) is 0 Å². The minimum absolute atomic E-state index is 0.113. The fraction of sp³-hybridized carbons (Fsp3) is 0.385. The van der Waals surface area contributed by atoms with Gasteiger partial charge in [0, 0.05) is 19.2 Å². The van der Waals surface area contributed by atoms with Crippen LogP contribution in [0.15, 0.2) is 18.2 Å². The maximum atomic E-state index is 11.1. The summed E-state index contributed by atoms with van der Waals surface area (Å²) in [5.41, 5.74) is 0.566. The van der Waals surface area contributed by atoms with E-state index in [2.05, 4.69) is 0 Å². The number of benzene rings is 1. The zero-order valence-electron chi connectivity index (χ0n) is 10.7. The summed E-state index contributed by atoms with van der Waals surface area (Å²) >= 11 is 0. The monoisotopic (exact) mass is 275 g/mol. The molecule has 7 nitrogen and oxygen atoms in total. The van der Waals surface area contributed by atoms with Crippen molar-refractivity contribution in [3.05, 3.63) is 33.9 Å². The molecular formula is C13H13N3O4. The predicted octanol–water partition coefficient (Wildman–Crippen LogP) is 1.77. The molecule has 1 aromatic carbocycles. The Labute approximate surface area is 115 Å². The molecule has 0 spiro atoms. The fourth-order valence-corrected chi connectivity index (χ4v) is 2.37. The van der Waals surface area contributed by atoms with Crippen molar-refractivity contribution in [2.45, 2.75) is 12.8 Å². The maximum absolute atomic E-state index is 11.1. The number of piperidine rings is 1.